The SMILES string of the molecule is NC(=S)[N]C1CC1. The van der Waals surface area contributed by atoms with E-state index in [2.05, 4.69) is 17.5 Å². The van der Waals surface area contributed by atoms with Crippen molar-refractivity contribution in [1.29, 1.82) is 0 Å². The van der Waals surface area contributed by atoms with Crippen molar-refractivity contribution in [3.63, 3.8) is 0 Å². The maximum absolute atomic E-state index is 5.10. The summed E-state index contributed by atoms with van der Waals surface area (Å²) in [5.74, 6) is 0. The minimum atomic E-state index is 0.308. The highest BCUT2D eigenvalue weighted by Gasteiger charge is 2.22. The van der Waals surface area contributed by atoms with Crippen LogP contribution in [0.4, 0.5) is 0 Å². The molecule has 0 saturated heterocycles. The smallest absolute Gasteiger partial charge is 0.185 e. The number of nitrogens with zero attached hydrogens (tertiary/aromatic N) is 1. The average molecular weight is 115 g/mol. The normalized spacial score (nSPS) is 18.9. The van der Waals surface area contributed by atoms with Gasteiger partial charge in [0.15, 0.2) is 5.11 Å². The van der Waals surface area contributed by atoms with Gasteiger partial charge in [-0.3, -0.25) is 5.32 Å². The van der Waals surface area contributed by atoms with Crippen molar-refractivity contribution < 1.29 is 0 Å². The molecule has 0 bridgehead atoms. The highest BCUT2D eigenvalue weighted by atomic mass is 32.1. The first kappa shape index (κ1) is 4.84. The van der Waals surface area contributed by atoms with Crippen molar-refractivity contribution in [2.45, 2.75) is 18.9 Å². The first-order chi connectivity index (χ1) is 3.29. The van der Waals surface area contributed by atoms with Gasteiger partial charge in [-0.1, -0.05) is 0 Å². The Morgan fingerprint density at radius 2 is 2.29 bits per heavy atom. The second-order valence-corrected chi connectivity index (χ2v) is 2.12. The summed E-state index contributed by atoms with van der Waals surface area (Å²) in [7, 11) is 0. The summed E-state index contributed by atoms with van der Waals surface area (Å²) in [5.41, 5.74) is 5.10. The van der Waals surface area contributed by atoms with E-state index in [0.29, 0.717) is 11.2 Å². The molecule has 39 valence electrons. The molecule has 0 aromatic rings. The Hall–Kier alpha value is -0.310. The molecule has 7 heavy (non-hydrogen) atoms. The Balaban J connectivity index is 2.08. The Bertz CT molecular complexity index is 87.7. The summed E-state index contributed by atoms with van der Waals surface area (Å²) >= 11 is 4.52. The van der Waals surface area contributed by atoms with Gasteiger partial charge in [0.2, 0.25) is 0 Å². The van der Waals surface area contributed by atoms with Crippen LogP contribution in [0.25, 0.3) is 0 Å². The zero-order valence-electron chi connectivity index (χ0n) is 3.92. The lowest BCUT2D eigenvalue weighted by Gasteiger charge is -1.90. The Kier molecular flexibility index (Phi) is 1.15. The second-order valence-electron chi connectivity index (χ2n) is 1.70. The zero-order chi connectivity index (χ0) is 5.28. The van der Waals surface area contributed by atoms with Gasteiger partial charge in [-0.15, -0.1) is 0 Å². The third-order valence-electron chi connectivity index (χ3n) is 0.857. The van der Waals surface area contributed by atoms with E-state index in [1.165, 1.54) is 12.8 Å². The Morgan fingerprint density at radius 3 is 2.43 bits per heavy atom. The van der Waals surface area contributed by atoms with Crippen LogP contribution in [0.1, 0.15) is 12.8 Å². The molecule has 1 aliphatic carbocycles. The molecule has 0 unspecified atom stereocenters. The molecule has 1 saturated carbocycles. The average Bonchev–Trinajstić information content (AvgIpc) is 2.17. The molecule has 0 amide bonds. The van der Waals surface area contributed by atoms with Gasteiger partial charge < -0.3 is 5.73 Å². The lowest BCUT2D eigenvalue weighted by molar-refractivity contribution is 0.896. The minimum Gasteiger partial charge on any atom is -0.375 e. The molecule has 2 N–H and O–H groups in total. The van der Waals surface area contributed by atoms with Crippen molar-refractivity contribution in [1.82, 2.24) is 5.32 Å². The van der Waals surface area contributed by atoms with E-state index in [-0.39, 0.29) is 0 Å². The van der Waals surface area contributed by atoms with Crippen molar-refractivity contribution in [3.8, 4) is 0 Å². The summed E-state index contributed by atoms with van der Waals surface area (Å²) in [6.45, 7) is 0. The molecular formula is C4H7N2S. The predicted octanol–water partition coefficient (Wildman–Crippen LogP) is -0.00320. The molecule has 0 atom stereocenters. The standard InChI is InChI=1S/C4H7N2S/c5-4(7)6-3-1-2-3/h3H,1-2H2,(H2,5,7). The predicted molar refractivity (Wildman–Crippen MR) is 31.9 cm³/mol. The summed E-state index contributed by atoms with van der Waals surface area (Å²) in [6, 6.07) is 0.484. The van der Waals surface area contributed by atoms with Crippen molar-refractivity contribution in [2.75, 3.05) is 0 Å². The van der Waals surface area contributed by atoms with E-state index >= 15 is 0 Å². The molecule has 3 heteroatoms. The molecule has 1 fully saturated rings. The van der Waals surface area contributed by atoms with Crippen LogP contribution in [0.15, 0.2) is 0 Å². The fourth-order valence-corrected chi connectivity index (χ4v) is 0.533. The number of hydrogen-bond acceptors (Lipinski definition) is 1. The molecular weight excluding hydrogens is 108 g/mol. The summed E-state index contributed by atoms with van der Waals surface area (Å²) < 4.78 is 0. The van der Waals surface area contributed by atoms with Gasteiger partial charge in [0.25, 0.3) is 0 Å². The molecule has 1 rings (SSSR count). The van der Waals surface area contributed by atoms with E-state index in [1.807, 2.05) is 0 Å². The number of nitrogens with two attached hydrogens (primary N) is 1. The third-order valence-corrected chi connectivity index (χ3v) is 0.962. The molecule has 1 radical (unpaired) electrons. The van der Waals surface area contributed by atoms with Crippen molar-refractivity contribution in [3.05, 3.63) is 0 Å². The van der Waals surface area contributed by atoms with Gasteiger partial charge in [0, 0.05) is 0 Å². The van der Waals surface area contributed by atoms with E-state index in [0.717, 1.165) is 0 Å². The lowest BCUT2D eigenvalue weighted by atomic mass is 10.7. The quantitative estimate of drug-likeness (QED) is 0.488. The van der Waals surface area contributed by atoms with Crippen molar-refractivity contribution in [2.24, 2.45) is 5.73 Å². The van der Waals surface area contributed by atoms with Crippen LogP contribution in [0, 0.1) is 0 Å². The molecule has 0 aromatic carbocycles. The molecule has 1 aliphatic rings. The van der Waals surface area contributed by atoms with Crippen LogP contribution in [-0.4, -0.2) is 11.2 Å². The fraction of sp³-hybridized carbons (Fsp3) is 0.750. The van der Waals surface area contributed by atoms with Crippen LogP contribution in [0.5, 0.6) is 0 Å². The van der Waals surface area contributed by atoms with Gasteiger partial charge in [-0.05, 0) is 25.1 Å². The zero-order valence-corrected chi connectivity index (χ0v) is 4.74. The van der Waals surface area contributed by atoms with Crippen LogP contribution in [0.3, 0.4) is 0 Å². The molecule has 2 nitrogen and oxygen atoms in total. The molecule has 0 heterocycles. The van der Waals surface area contributed by atoms with Gasteiger partial charge in [0.05, 0.1) is 6.04 Å². The van der Waals surface area contributed by atoms with E-state index in [1.54, 1.807) is 0 Å². The molecule has 0 aliphatic heterocycles. The van der Waals surface area contributed by atoms with Gasteiger partial charge in [-0.2, -0.15) is 0 Å². The fourth-order valence-electron chi connectivity index (χ4n) is 0.384. The van der Waals surface area contributed by atoms with Gasteiger partial charge in [0.1, 0.15) is 0 Å². The first-order valence-electron chi connectivity index (χ1n) is 2.29. The summed E-state index contributed by atoms with van der Waals surface area (Å²) in [5, 5.41) is 4.21. The highest BCUT2D eigenvalue weighted by Crippen LogP contribution is 2.19. The molecule has 0 spiro atoms. The highest BCUT2D eigenvalue weighted by molar-refractivity contribution is 7.80. The largest absolute Gasteiger partial charge is 0.375 e. The van der Waals surface area contributed by atoms with Crippen LogP contribution < -0.4 is 11.1 Å². The van der Waals surface area contributed by atoms with Gasteiger partial charge >= 0.3 is 0 Å². The maximum atomic E-state index is 5.10. The maximum Gasteiger partial charge on any atom is 0.185 e. The Labute approximate surface area is 48.1 Å². The number of hydrogen-bond donors (Lipinski definition) is 1. The van der Waals surface area contributed by atoms with Crippen LogP contribution in [0.2, 0.25) is 0 Å². The monoisotopic (exact) mass is 115 g/mol. The van der Waals surface area contributed by atoms with Crippen LogP contribution in [-0.2, 0) is 0 Å². The van der Waals surface area contributed by atoms with Crippen molar-refractivity contribution >= 4 is 17.3 Å². The van der Waals surface area contributed by atoms with Crippen LogP contribution >= 0.6 is 12.2 Å². The van der Waals surface area contributed by atoms with E-state index < -0.39 is 0 Å². The Morgan fingerprint density at radius 1 is 1.71 bits per heavy atom. The topological polar surface area (TPSA) is 40.1 Å². The van der Waals surface area contributed by atoms with E-state index in [9.17, 15) is 0 Å². The third kappa shape index (κ3) is 1.73. The first-order valence-corrected chi connectivity index (χ1v) is 2.70. The summed E-state index contributed by atoms with van der Waals surface area (Å²) in [4.78, 5) is 0. The second kappa shape index (κ2) is 1.66. The summed E-state index contributed by atoms with van der Waals surface area (Å²) in [6.07, 6.45) is 2.36. The van der Waals surface area contributed by atoms with E-state index in [4.69, 9.17) is 5.73 Å². The lowest BCUT2D eigenvalue weighted by Crippen LogP contribution is -2.23. The van der Waals surface area contributed by atoms with Gasteiger partial charge in [-0.25, -0.2) is 0 Å². The minimum absolute atomic E-state index is 0.308. The molecule has 0 aromatic heterocycles. The number of thiocarbonyl (C=S) groups is 1. The number of rotatable bonds is 1.